The number of hydrogen-bond donors (Lipinski definition) is 0. The van der Waals surface area contributed by atoms with E-state index in [0.717, 1.165) is 33.4 Å². The van der Waals surface area contributed by atoms with Crippen molar-refractivity contribution < 1.29 is 14.3 Å². The van der Waals surface area contributed by atoms with Gasteiger partial charge < -0.3 is 14.4 Å². The van der Waals surface area contributed by atoms with Crippen LogP contribution in [0.15, 0.2) is 40.9 Å². The maximum absolute atomic E-state index is 13.2. The van der Waals surface area contributed by atoms with Crippen LogP contribution in [0.5, 0.6) is 11.5 Å². The molecule has 0 N–H and O–H groups in total. The minimum absolute atomic E-state index is 0.0506. The largest absolute Gasteiger partial charge is 0.454 e. The van der Waals surface area contributed by atoms with Crippen molar-refractivity contribution in [3.8, 4) is 11.5 Å². The van der Waals surface area contributed by atoms with Gasteiger partial charge in [0.25, 0.3) is 5.91 Å². The zero-order valence-corrected chi connectivity index (χ0v) is 18.0. The number of fused-ring (bicyclic) bond motifs is 2. The van der Waals surface area contributed by atoms with Crippen LogP contribution < -0.4 is 14.4 Å². The summed E-state index contributed by atoms with van der Waals surface area (Å²) in [4.78, 5) is 21.8. The summed E-state index contributed by atoms with van der Waals surface area (Å²) < 4.78 is 12.8. The lowest BCUT2D eigenvalue weighted by atomic mass is 10.2. The van der Waals surface area contributed by atoms with Gasteiger partial charge in [-0.2, -0.15) is 0 Å². The summed E-state index contributed by atoms with van der Waals surface area (Å²) in [5.74, 6) is 1.37. The van der Waals surface area contributed by atoms with Gasteiger partial charge in [0.05, 0.1) is 10.2 Å². The Hall–Kier alpha value is -2.16. The summed E-state index contributed by atoms with van der Waals surface area (Å²) in [7, 11) is 4.06. The first-order valence-electron chi connectivity index (χ1n) is 8.93. The number of anilines is 1. The van der Waals surface area contributed by atoms with Gasteiger partial charge in [0.2, 0.25) is 6.79 Å². The Morgan fingerprint density at radius 1 is 1.14 bits per heavy atom. The number of aromatic nitrogens is 1. The molecule has 0 atom stereocenters. The molecule has 0 fully saturated rings. The van der Waals surface area contributed by atoms with Crippen LogP contribution in [0.4, 0.5) is 5.13 Å². The maximum atomic E-state index is 13.2. The zero-order chi connectivity index (χ0) is 19.7. The fourth-order valence-electron chi connectivity index (χ4n) is 3.00. The van der Waals surface area contributed by atoms with E-state index in [4.69, 9.17) is 14.5 Å². The predicted octanol–water partition coefficient (Wildman–Crippen LogP) is 4.39. The second-order valence-corrected chi connectivity index (χ2v) is 8.71. The molecule has 0 unspecified atom stereocenters. The molecule has 1 aliphatic heterocycles. The molecule has 1 amide bonds. The van der Waals surface area contributed by atoms with Crippen LogP contribution in [0, 0.1) is 0 Å². The number of carbonyl (C=O) groups excluding carboxylic acids is 1. The Labute approximate surface area is 175 Å². The van der Waals surface area contributed by atoms with Gasteiger partial charge in [0.15, 0.2) is 16.6 Å². The van der Waals surface area contributed by atoms with Gasteiger partial charge in [-0.3, -0.25) is 9.69 Å². The molecule has 6 nitrogen and oxygen atoms in total. The topological polar surface area (TPSA) is 54.9 Å². The van der Waals surface area contributed by atoms with Gasteiger partial charge in [-0.25, -0.2) is 4.98 Å². The van der Waals surface area contributed by atoms with E-state index >= 15 is 0 Å². The van der Waals surface area contributed by atoms with Crippen molar-refractivity contribution in [3.63, 3.8) is 0 Å². The highest BCUT2D eigenvalue weighted by atomic mass is 79.9. The van der Waals surface area contributed by atoms with Crippen molar-refractivity contribution >= 4 is 48.5 Å². The Bertz CT molecular complexity index is 963. The van der Waals surface area contributed by atoms with Gasteiger partial charge in [-0.1, -0.05) is 27.3 Å². The zero-order valence-electron chi connectivity index (χ0n) is 15.6. The number of hydrogen-bond acceptors (Lipinski definition) is 6. The highest BCUT2D eigenvalue weighted by molar-refractivity contribution is 9.10. The van der Waals surface area contributed by atoms with E-state index < -0.39 is 0 Å². The lowest BCUT2D eigenvalue weighted by Crippen LogP contribution is -2.33. The third kappa shape index (κ3) is 3.99. The molecule has 3 aromatic rings. The predicted molar refractivity (Wildman–Crippen MR) is 115 cm³/mol. The quantitative estimate of drug-likeness (QED) is 0.544. The molecule has 146 valence electrons. The number of amides is 1. The van der Waals surface area contributed by atoms with Gasteiger partial charge >= 0.3 is 0 Å². The standard InChI is InChI=1S/C20H20BrN3O3S/c1-23(2)8-3-9-24(19(25)13-4-6-14(21)7-5-13)20-22-15-10-16-17(27-12-26-16)11-18(15)28-20/h4-7,10-11H,3,8-9,12H2,1-2H3. The van der Waals surface area contributed by atoms with E-state index in [9.17, 15) is 4.79 Å². The summed E-state index contributed by atoms with van der Waals surface area (Å²) in [6.07, 6.45) is 0.855. The Morgan fingerprint density at radius 3 is 2.57 bits per heavy atom. The number of benzene rings is 2. The van der Waals surface area contributed by atoms with E-state index in [1.165, 1.54) is 11.3 Å². The van der Waals surface area contributed by atoms with Crippen molar-refractivity contribution in [2.75, 3.05) is 38.9 Å². The van der Waals surface area contributed by atoms with Gasteiger partial charge in [0.1, 0.15) is 0 Å². The molecule has 0 aliphatic carbocycles. The van der Waals surface area contributed by atoms with E-state index in [0.29, 0.717) is 23.0 Å². The first-order valence-corrected chi connectivity index (χ1v) is 10.5. The molecule has 0 spiro atoms. The number of carbonyl (C=O) groups is 1. The van der Waals surface area contributed by atoms with Crippen molar-refractivity contribution in [3.05, 3.63) is 46.4 Å². The fourth-order valence-corrected chi connectivity index (χ4v) is 4.26. The second kappa shape index (κ2) is 8.06. The third-order valence-electron chi connectivity index (χ3n) is 4.43. The molecule has 8 heteroatoms. The van der Waals surface area contributed by atoms with E-state index in [1.807, 2.05) is 50.5 Å². The van der Waals surface area contributed by atoms with Crippen molar-refractivity contribution in [1.29, 1.82) is 0 Å². The van der Waals surface area contributed by atoms with Crippen LogP contribution in [0.1, 0.15) is 16.8 Å². The lowest BCUT2D eigenvalue weighted by Gasteiger charge is -2.21. The normalized spacial score (nSPS) is 12.7. The highest BCUT2D eigenvalue weighted by Gasteiger charge is 2.23. The van der Waals surface area contributed by atoms with Crippen LogP contribution >= 0.6 is 27.3 Å². The molecule has 2 heterocycles. The van der Waals surface area contributed by atoms with Crippen LogP contribution in [0.2, 0.25) is 0 Å². The Kier molecular flexibility index (Phi) is 5.52. The number of thiazole rings is 1. The molecule has 1 aromatic heterocycles. The molecule has 2 aromatic carbocycles. The Balaban J connectivity index is 1.66. The first-order chi connectivity index (χ1) is 13.5. The summed E-state index contributed by atoms with van der Waals surface area (Å²) in [6.45, 7) is 1.72. The van der Waals surface area contributed by atoms with E-state index in [-0.39, 0.29) is 12.7 Å². The van der Waals surface area contributed by atoms with Crippen molar-refractivity contribution in [2.24, 2.45) is 0 Å². The maximum Gasteiger partial charge on any atom is 0.260 e. The third-order valence-corrected chi connectivity index (χ3v) is 6.00. The number of ether oxygens (including phenoxy) is 2. The summed E-state index contributed by atoms with van der Waals surface area (Å²) in [5.41, 5.74) is 1.45. The minimum atomic E-state index is -0.0506. The van der Waals surface area contributed by atoms with E-state index in [2.05, 4.69) is 20.8 Å². The number of halogens is 1. The van der Waals surface area contributed by atoms with Crippen molar-refractivity contribution in [1.82, 2.24) is 9.88 Å². The number of rotatable bonds is 6. The molecule has 0 saturated heterocycles. The van der Waals surface area contributed by atoms with E-state index in [1.54, 1.807) is 4.90 Å². The number of nitrogens with zero attached hydrogens (tertiary/aromatic N) is 3. The van der Waals surface area contributed by atoms with Crippen LogP contribution in [-0.4, -0.2) is 49.8 Å². The monoisotopic (exact) mass is 461 g/mol. The average Bonchev–Trinajstić information content (AvgIpc) is 3.28. The second-order valence-electron chi connectivity index (χ2n) is 6.79. The summed E-state index contributed by atoms with van der Waals surface area (Å²) in [5, 5.41) is 0.686. The molecule has 1 aliphatic rings. The molecular formula is C20H20BrN3O3S. The SMILES string of the molecule is CN(C)CCCN(C(=O)c1ccc(Br)cc1)c1nc2cc3c(cc2s1)OCO3. The highest BCUT2D eigenvalue weighted by Crippen LogP contribution is 2.40. The van der Waals surface area contributed by atoms with Crippen LogP contribution in [0.25, 0.3) is 10.2 Å². The Morgan fingerprint density at radius 2 is 1.86 bits per heavy atom. The molecule has 4 rings (SSSR count). The van der Waals surface area contributed by atoms with Crippen molar-refractivity contribution in [2.45, 2.75) is 6.42 Å². The molecule has 28 heavy (non-hydrogen) atoms. The fraction of sp³-hybridized carbons (Fsp3) is 0.300. The smallest absolute Gasteiger partial charge is 0.260 e. The molecule has 0 saturated carbocycles. The lowest BCUT2D eigenvalue weighted by molar-refractivity contribution is 0.0986. The van der Waals surface area contributed by atoms with Gasteiger partial charge in [0, 0.05) is 28.7 Å². The van der Waals surface area contributed by atoms with Crippen LogP contribution in [-0.2, 0) is 0 Å². The van der Waals surface area contributed by atoms with Gasteiger partial charge in [-0.15, -0.1) is 0 Å². The minimum Gasteiger partial charge on any atom is -0.454 e. The molecule has 0 bridgehead atoms. The molecule has 0 radical (unpaired) electrons. The average molecular weight is 462 g/mol. The first kappa shape index (κ1) is 19.2. The van der Waals surface area contributed by atoms with Crippen LogP contribution in [0.3, 0.4) is 0 Å². The summed E-state index contributed by atoms with van der Waals surface area (Å²) >= 11 is 4.91. The van der Waals surface area contributed by atoms with Gasteiger partial charge in [-0.05, 0) is 51.3 Å². The summed E-state index contributed by atoms with van der Waals surface area (Å²) in [6, 6.07) is 11.2. The molecular weight excluding hydrogens is 442 g/mol.